The van der Waals surface area contributed by atoms with Crippen LogP contribution < -0.4 is 5.32 Å². The standard InChI is InChI=1S/C15H21N5O2/c1-11(9-20-5-2-4-18-20)7-16-15(21)13-8-17-19-14(13)12-3-6-22-10-12/h2,4-5,8,11-12H,3,6-7,9-10H2,1H3,(H,16,21)(H,17,19). The molecule has 0 bridgehead atoms. The molecule has 1 saturated heterocycles. The number of aromatic amines is 1. The number of carbonyl (C=O) groups is 1. The predicted octanol–water partition coefficient (Wildman–Crippen LogP) is 1.18. The fraction of sp³-hybridized carbons (Fsp3) is 0.533. The van der Waals surface area contributed by atoms with Crippen LogP contribution in [-0.4, -0.2) is 45.6 Å². The lowest BCUT2D eigenvalue weighted by Crippen LogP contribution is -2.30. The van der Waals surface area contributed by atoms with Gasteiger partial charge in [0.05, 0.1) is 24.1 Å². The Morgan fingerprint density at radius 3 is 3.27 bits per heavy atom. The Kier molecular flexibility index (Phi) is 4.53. The van der Waals surface area contributed by atoms with E-state index < -0.39 is 0 Å². The summed E-state index contributed by atoms with van der Waals surface area (Å²) in [6.07, 6.45) is 6.21. The Hall–Kier alpha value is -2.15. The first-order valence-corrected chi connectivity index (χ1v) is 7.60. The molecule has 0 radical (unpaired) electrons. The van der Waals surface area contributed by atoms with Crippen molar-refractivity contribution in [3.8, 4) is 0 Å². The monoisotopic (exact) mass is 303 g/mol. The lowest BCUT2D eigenvalue weighted by molar-refractivity contribution is 0.0945. The van der Waals surface area contributed by atoms with Gasteiger partial charge in [-0.3, -0.25) is 14.6 Å². The van der Waals surface area contributed by atoms with E-state index in [9.17, 15) is 4.79 Å². The van der Waals surface area contributed by atoms with Gasteiger partial charge in [-0.15, -0.1) is 0 Å². The number of amides is 1. The molecule has 0 spiro atoms. The normalized spacial score (nSPS) is 19.2. The Balaban J connectivity index is 1.54. The molecule has 1 aliphatic rings. The molecular weight excluding hydrogens is 282 g/mol. The average molecular weight is 303 g/mol. The van der Waals surface area contributed by atoms with Crippen LogP contribution in [0.25, 0.3) is 0 Å². The minimum Gasteiger partial charge on any atom is -0.381 e. The summed E-state index contributed by atoms with van der Waals surface area (Å²) in [6.45, 7) is 4.86. The van der Waals surface area contributed by atoms with Crippen molar-refractivity contribution >= 4 is 5.91 Å². The van der Waals surface area contributed by atoms with Gasteiger partial charge in [0.15, 0.2) is 0 Å². The van der Waals surface area contributed by atoms with E-state index in [1.54, 1.807) is 12.4 Å². The van der Waals surface area contributed by atoms with E-state index in [1.165, 1.54) is 0 Å². The van der Waals surface area contributed by atoms with Crippen LogP contribution in [0, 0.1) is 5.92 Å². The molecular formula is C15H21N5O2. The fourth-order valence-electron chi connectivity index (χ4n) is 2.70. The molecule has 2 aromatic rings. The van der Waals surface area contributed by atoms with Crippen LogP contribution in [0.3, 0.4) is 0 Å². The van der Waals surface area contributed by atoms with Crippen LogP contribution in [0.2, 0.25) is 0 Å². The molecule has 0 saturated carbocycles. The maximum atomic E-state index is 12.4. The van der Waals surface area contributed by atoms with Gasteiger partial charge < -0.3 is 10.1 Å². The first-order chi connectivity index (χ1) is 10.7. The number of H-pyrrole nitrogens is 1. The van der Waals surface area contributed by atoms with Crippen LogP contribution in [0.4, 0.5) is 0 Å². The van der Waals surface area contributed by atoms with Crippen molar-refractivity contribution in [2.24, 2.45) is 5.92 Å². The smallest absolute Gasteiger partial charge is 0.254 e. The van der Waals surface area contributed by atoms with Crippen molar-refractivity contribution in [1.82, 2.24) is 25.3 Å². The van der Waals surface area contributed by atoms with E-state index in [-0.39, 0.29) is 11.8 Å². The van der Waals surface area contributed by atoms with E-state index >= 15 is 0 Å². The number of aromatic nitrogens is 4. The topological polar surface area (TPSA) is 84.8 Å². The third kappa shape index (κ3) is 3.36. The van der Waals surface area contributed by atoms with E-state index in [0.29, 0.717) is 24.6 Å². The van der Waals surface area contributed by atoms with Gasteiger partial charge in [0.1, 0.15) is 0 Å². The van der Waals surface area contributed by atoms with Crippen molar-refractivity contribution in [3.05, 3.63) is 35.9 Å². The van der Waals surface area contributed by atoms with Gasteiger partial charge in [0, 0.05) is 38.0 Å². The number of nitrogens with one attached hydrogen (secondary N) is 2. The molecule has 2 N–H and O–H groups in total. The van der Waals surface area contributed by atoms with Gasteiger partial charge in [0.25, 0.3) is 5.91 Å². The zero-order valence-corrected chi connectivity index (χ0v) is 12.7. The first-order valence-electron chi connectivity index (χ1n) is 7.60. The van der Waals surface area contributed by atoms with Crippen LogP contribution in [0.5, 0.6) is 0 Å². The van der Waals surface area contributed by atoms with Gasteiger partial charge >= 0.3 is 0 Å². The summed E-state index contributed by atoms with van der Waals surface area (Å²) in [6, 6.07) is 1.90. The zero-order chi connectivity index (χ0) is 15.4. The van der Waals surface area contributed by atoms with E-state index in [2.05, 4.69) is 27.5 Å². The van der Waals surface area contributed by atoms with E-state index in [1.807, 2.05) is 16.9 Å². The Morgan fingerprint density at radius 2 is 2.55 bits per heavy atom. The molecule has 2 atom stereocenters. The van der Waals surface area contributed by atoms with Gasteiger partial charge in [-0.25, -0.2) is 0 Å². The Morgan fingerprint density at radius 1 is 1.64 bits per heavy atom. The summed E-state index contributed by atoms with van der Waals surface area (Å²) < 4.78 is 7.25. The second-order valence-corrected chi connectivity index (χ2v) is 5.80. The maximum Gasteiger partial charge on any atom is 0.254 e. The lowest BCUT2D eigenvalue weighted by Gasteiger charge is -2.13. The second-order valence-electron chi connectivity index (χ2n) is 5.80. The molecule has 2 aromatic heterocycles. The summed E-state index contributed by atoms with van der Waals surface area (Å²) in [5.41, 5.74) is 1.51. The zero-order valence-electron chi connectivity index (χ0n) is 12.7. The molecule has 22 heavy (non-hydrogen) atoms. The van der Waals surface area contributed by atoms with E-state index in [0.717, 1.165) is 25.3 Å². The van der Waals surface area contributed by atoms with Crippen molar-refractivity contribution in [3.63, 3.8) is 0 Å². The van der Waals surface area contributed by atoms with Crippen LogP contribution in [0.1, 0.15) is 35.3 Å². The molecule has 7 heteroatoms. The highest BCUT2D eigenvalue weighted by Crippen LogP contribution is 2.25. The van der Waals surface area contributed by atoms with Crippen LogP contribution in [-0.2, 0) is 11.3 Å². The molecule has 1 fully saturated rings. The average Bonchev–Trinajstić information content (AvgIpc) is 3.23. The number of carbonyl (C=O) groups excluding carboxylic acids is 1. The quantitative estimate of drug-likeness (QED) is 0.839. The van der Waals surface area contributed by atoms with Crippen LogP contribution in [0.15, 0.2) is 24.7 Å². The van der Waals surface area contributed by atoms with E-state index in [4.69, 9.17) is 4.74 Å². The molecule has 3 rings (SSSR count). The second kappa shape index (κ2) is 6.74. The highest BCUT2D eigenvalue weighted by Gasteiger charge is 2.25. The van der Waals surface area contributed by atoms with Gasteiger partial charge in [0.2, 0.25) is 0 Å². The third-order valence-corrected chi connectivity index (χ3v) is 3.92. The van der Waals surface area contributed by atoms with Crippen LogP contribution >= 0.6 is 0 Å². The Labute approximate surface area is 129 Å². The SMILES string of the molecule is CC(CNC(=O)c1cn[nH]c1C1CCOC1)Cn1cccn1. The number of hydrogen-bond donors (Lipinski definition) is 2. The summed E-state index contributed by atoms with van der Waals surface area (Å²) in [5, 5.41) is 14.1. The third-order valence-electron chi connectivity index (χ3n) is 3.92. The van der Waals surface area contributed by atoms with Crippen molar-refractivity contribution in [2.75, 3.05) is 19.8 Å². The number of ether oxygens (including phenoxy) is 1. The summed E-state index contributed by atoms with van der Waals surface area (Å²) in [5.74, 6) is 0.460. The largest absolute Gasteiger partial charge is 0.381 e. The first kappa shape index (κ1) is 14.8. The van der Waals surface area contributed by atoms with Crippen molar-refractivity contribution < 1.29 is 9.53 Å². The molecule has 7 nitrogen and oxygen atoms in total. The molecule has 118 valence electrons. The number of nitrogens with zero attached hydrogens (tertiary/aromatic N) is 3. The number of rotatable bonds is 6. The molecule has 1 aliphatic heterocycles. The molecule has 3 heterocycles. The Bertz CT molecular complexity index is 601. The fourth-order valence-corrected chi connectivity index (χ4v) is 2.70. The minimum atomic E-state index is -0.0806. The van der Waals surface area contributed by atoms with Crippen molar-refractivity contribution in [2.45, 2.75) is 25.8 Å². The van der Waals surface area contributed by atoms with Crippen molar-refractivity contribution in [1.29, 1.82) is 0 Å². The molecule has 0 aliphatic carbocycles. The highest BCUT2D eigenvalue weighted by molar-refractivity contribution is 5.95. The van der Waals surface area contributed by atoms with Gasteiger partial charge in [-0.05, 0) is 18.4 Å². The minimum absolute atomic E-state index is 0.0806. The molecule has 1 amide bonds. The summed E-state index contributed by atoms with van der Waals surface area (Å²) >= 11 is 0. The molecule has 2 unspecified atom stereocenters. The number of hydrogen-bond acceptors (Lipinski definition) is 4. The van der Waals surface area contributed by atoms with Gasteiger partial charge in [-0.1, -0.05) is 6.92 Å². The van der Waals surface area contributed by atoms with Gasteiger partial charge in [-0.2, -0.15) is 10.2 Å². The summed E-state index contributed by atoms with van der Waals surface area (Å²) in [4.78, 5) is 12.4. The molecule has 0 aromatic carbocycles. The predicted molar refractivity (Wildman–Crippen MR) is 80.5 cm³/mol. The highest BCUT2D eigenvalue weighted by atomic mass is 16.5. The lowest BCUT2D eigenvalue weighted by atomic mass is 10.0. The maximum absolute atomic E-state index is 12.4. The summed E-state index contributed by atoms with van der Waals surface area (Å²) in [7, 11) is 0.